The zero-order chi connectivity index (χ0) is 25.0. The summed E-state index contributed by atoms with van der Waals surface area (Å²) in [4.78, 5) is 22.0. The molecule has 0 aliphatic carbocycles. The molecular formula is C27H37N3O3. The van der Waals surface area contributed by atoms with Crippen LogP contribution in [0.1, 0.15) is 42.1 Å². The number of terminal acetylenes is 1. The number of ether oxygens (including phenoxy) is 1. The molecule has 6 heteroatoms. The fourth-order valence-electron chi connectivity index (χ4n) is 3.55. The topological polar surface area (TPSA) is 79.5 Å². The van der Waals surface area contributed by atoms with Crippen molar-refractivity contribution in [2.45, 2.75) is 31.6 Å². The Morgan fingerprint density at radius 2 is 1.73 bits per heavy atom. The first-order valence-electron chi connectivity index (χ1n) is 10.8. The summed E-state index contributed by atoms with van der Waals surface area (Å²) in [6.45, 7) is 6.90. The van der Waals surface area contributed by atoms with Crippen LogP contribution in [-0.4, -0.2) is 39.6 Å². The summed E-state index contributed by atoms with van der Waals surface area (Å²) in [5.41, 5.74) is 1.76. The third-order valence-corrected chi connectivity index (χ3v) is 5.09. The standard InChI is InChI=1S/C22H30N2O2.C3H5NO.C2H2/c1-4-14-22(15-16-23-2,18-10-6-5-7-11-18)17-24-21(25)19-12-8-9-13-20(19)26-3;1-2-4-3-5;1-2/h5-13,23H,4,14-17H2,1-3H3,(H,24,25);2-3H,1H2,(H,4,5);1-2H/t22-;;/m0../s1. The molecule has 0 saturated carbocycles. The molecule has 0 saturated heterocycles. The lowest BCUT2D eigenvalue weighted by molar-refractivity contribution is -0.108. The molecule has 0 aliphatic heterocycles. The normalized spacial score (nSPS) is 11.2. The number of methoxy groups -OCH3 is 1. The van der Waals surface area contributed by atoms with Crippen molar-refractivity contribution >= 4 is 12.3 Å². The van der Waals surface area contributed by atoms with E-state index < -0.39 is 0 Å². The molecule has 0 radical (unpaired) electrons. The van der Waals surface area contributed by atoms with Crippen molar-refractivity contribution in [1.29, 1.82) is 0 Å². The van der Waals surface area contributed by atoms with Gasteiger partial charge >= 0.3 is 0 Å². The molecule has 0 fully saturated rings. The van der Waals surface area contributed by atoms with Crippen molar-refractivity contribution in [3.05, 3.63) is 78.5 Å². The smallest absolute Gasteiger partial charge is 0.255 e. The molecule has 2 aromatic carbocycles. The van der Waals surface area contributed by atoms with Crippen LogP contribution in [0.15, 0.2) is 67.4 Å². The van der Waals surface area contributed by atoms with Crippen molar-refractivity contribution in [3.8, 4) is 18.6 Å². The van der Waals surface area contributed by atoms with Crippen LogP contribution in [0.25, 0.3) is 0 Å². The van der Waals surface area contributed by atoms with Crippen LogP contribution < -0.4 is 20.7 Å². The van der Waals surface area contributed by atoms with Crippen LogP contribution in [0.4, 0.5) is 0 Å². The first-order valence-corrected chi connectivity index (χ1v) is 10.8. The Morgan fingerprint density at radius 3 is 2.24 bits per heavy atom. The molecule has 0 spiro atoms. The maximum Gasteiger partial charge on any atom is 0.255 e. The third kappa shape index (κ3) is 10.1. The van der Waals surface area contributed by atoms with E-state index in [1.165, 1.54) is 11.8 Å². The Bertz CT molecular complexity index is 831. The van der Waals surface area contributed by atoms with E-state index in [9.17, 15) is 9.59 Å². The van der Waals surface area contributed by atoms with Gasteiger partial charge in [0.05, 0.1) is 12.7 Å². The van der Waals surface area contributed by atoms with Crippen molar-refractivity contribution in [2.75, 3.05) is 27.2 Å². The van der Waals surface area contributed by atoms with Crippen molar-refractivity contribution in [1.82, 2.24) is 16.0 Å². The van der Waals surface area contributed by atoms with Crippen molar-refractivity contribution < 1.29 is 14.3 Å². The van der Waals surface area contributed by atoms with E-state index >= 15 is 0 Å². The number of para-hydroxylation sites is 1. The molecular weight excluding hydrogens is 414 g/mol. The molecule has 0 bridgehead atoms. The first kappa shape index (κ1) is 29.4. The quantitative estimate of drug-likeness (QED) is 0.338. The van der Waals surface area contributed by atoms with Gasteiger partial charge in [0.15, 0.2) is 0 Å². The number of hydrogen-bond acceptors (Lipinski definition) is 4. The molecule has 0 unspecified atom stereocenters. The number of carbonyl (C=O) groups excluding carboxylic acids is 2. The molecule has 2 aromatic rings. The van der Waals surface area contributed by atoms with Crippen molar-refractivity contribution in [3.63, 3.8) is 0 Å². The summed E-state index contributed by atoms with van der Waals surface area (Å²) in [5, 5.41) is 8.61. The van der Waals surface area contributed by atoms with Crippen LogP contribution in [0.3, 0.4) is 0 Å². The van der Waals surface area contributed by atoms with Gasteiger partial charge in [-0.05, 0) is 50.3 Å². The minimum atomic E-state index is -0.0942. The van der Waals surface area contributed by atoms with Crippen LogP contribution in [-0.2, 0) is 10.2 Å². The monoisotopic (exact) mass is 451 g/mol. The molecule has 0 aliphatic rings. The molecule has 178 valence electrons. The molecule has 3 N–H and O–H groups in total. The van der Waals surface area contributed by atoms with Crippen LogP contribution in [0.2, 0.25) is 0 Å². The van der Waals surface area contributed by atoms with E-state index in [0.29, 0.717) is 24.3 Å². The van der Waals surface area contributed by atoms with E-state index in [4.69, 9.17) is 4.74 Å². The SMILES string of the molecule is C#C.C=CNC=O.CCC[C@](CCNC)(CNC(=O)c1ccccc1OC)c1ccccc1. The van der Waals surface area contributed by atoms with Crippen molar-refractivity contribution in [2.24, 2.45) is 0 Å². The molecule has 0 heterocycles. The second kappa shape index (κ2) is 18.1. The van der Waals surface area contributed by atoms with E-state index in [0.717, 1.165) is 25.8 Å². The number of rotatable bonds is 12. The van der Waals surface area contributed by atoms with E-state index in [1.807, 2.05) is 31.3 Å². The highest BCUT2D eigenvalue weighted by molar-refractivity contribution is 5.96. The molecule has 2 amide bonds. The van der Waals surface area contributed by atoms with Gasteiger partial charge in [0.25, 0.3) is 5.91 Å². The fraction of sp³-hybridized carbons (Fsp3) is 0.333. The van der Waals surface area contributed by atoms with Gasteiger partial charge in [0.2, 0.25) is 6.41 Å². The van der Waals surface area contributed by atoms with Gasteiger partial charge < -0.3 is 20.7 Å². The predicted octanol–water partition coefficient (Wildman–Crippen LogP) is 3.90. The summed E-state index contributed by atoms with van der Waals surface area (Å²) >= 11 is 0. The number of benzene rings is 2. The average molecular weight is 452 g/mol. The summed E-state index contributed by atoms with van der Waals surface area (Å²) in [6, 6.07) is 17.8. The molecule has 33 heavy (non-hydrogen) atoms. The second-order valence-corrected chi connectivity index (χ2v) is 7.12. The second-order valence-electron chi connectivity index (χ2n) is 7.12. The number of amides is 2. The van der Waals surface area contributed by atoms with Gasteiger partial charge in [-0.1, -0.05) is 62.4 Å². The fourth-order valence-corrected chi connectivity index (χ4v) is 3.55. The Morgan fingerprint density at radius 1 is 1.09 bits per heavy atom. The molecule has 0 aromatic heterocycles. The summed E-state index contributed by atoms with van der Waals surface area (Å²) in [7, 11) is 3.56. The predicted molar refractivity (Wildman–Crippen MR) is 136 cm³/mol. The van der Waals surface area contributed by atoms with Gasteiger partial charge in [-0.3, -0.25) is 9.59 Å². The number of nitrogens with one attached hydrogen (secondary N) is 3. The van der Waals surface area contributed by atoms with Crippen LogP contribution in [0, 0.1) is 12.8 Å². The highest BCUT2D eigenvalue weighted by Crippen LogP contribution is 2.32. The Labute approximate surface area is 198 Å². The van der Waals surface area contributed by atoms with Gasteiger partial charge in [-0.2, -0.15) is 0 Å². The van der Waals surface area contributed by atoms with Crippen LogP contribution in [0.5, 0.6) is 5.75 Å². The Hall–Kier alpha value is -3.56. The van der Waals surface area contributed by atoms with E-state index in [1.54, 1.807) is 13.2 Å². The van der Waals surface area contributed by atoms with E-state index in [2.05, 4.69) is 66.6 Å². The summed E-state index contributed by atoms with van der Waals surface area (Å²) in [6.07, 6.45) is 12.9. The maximum absolute atomic E-state index is 12.8. The van der Waals surface area contributed by atoms with Gasteiger partial charge in [-0.15, -0.1) is 12.8 Å². The van der Waals surface area contributed by atoms with Gasteiger partial charge in [0, 0.05) is 12.0 Å². The maximum atomic E-state index is 12.8. The average Bonchev–Trinajstić information content (AvgIpc) is 2.88. The Kier molecular flexibility index (Phi) is 16.1. The third-order valence-electron chi connectivity index (χ3n) is 5.09. The first-order chi connectivity index (χ1) is 16.1. The molecule has 2 rings (SSSR count). The Balaban J connectivity index is 0.00000129. The summed E-state index contributed by atoms with van der Waals surface area (Å²) in [5.74, 6) is 0.504. The minimum absolute atomic E-state index is 0.0866. The van der Waals surface area contributed by atoms with Gasteiger partial charge in [0.1, 0.15) is 5.75 Å². The summed E-state index contributed by atoms with van der Waals surface area (Å²) < 4.78 is 5.32. The molecule has 1 atom stereocenters. The van der Waals surface area contributed by atoms with E-state index in [-0.39, 0.29) is 11.3 Å². The largest absolute Gasteiger partial charge is 0.496 e. The zero-order valence-electron chi connectivity index (χ0n) is 20.0. The zero-order valence-corrected chi connectivity index (χ0v) is 20.0. The lowest BCUT2D eigenvalue weighted by Crippen LogP contribution is -2.42. The highest BCUT2D eigenvalue weighted by Gasteiger charge is 2.31. The number of hydrogen-bond donors (Lipinski definition) is 3. The van der Waals surface area contributed by atoms with Crippen LogP contribution >= 0.6 is 0 Å². The lowest BCUT2D eigenvalue weighted by atomic mass is 9.74. The number of carbonyl (C=O) groups is 2. The molecule has 6 nitrogen and oxygen atoms in total. The minimum Gasteiger partial charge on any atom is -0.496 e. The highest BCUT2D eigenvalue weighted by atomic mass is 16.5. The lowest BCUT2D eigenvalue weighted by Gasteiger charge is -2.35. The van der Waals surface area contributed by atoms with Gasteiger partial charge in [-0.25, -0.2) is 0 Å².